The number of hydrogen-bond donors (Lipinski definition) is 2. The Hall–Kier alpha value is -2.37. The number of fused-ring (bicyclic) bond motifs is 1. The van der Waals surface area contributed by atoms with Crippen LogP contribution in [0.25, 0.3) is 0 Å². The number of carbonyl (C=O) groups excluding carboxylic acids is 1. The summed E-state index contributed by atoms with van der Waals surface area (Å²) in [6, 6.07) is 7.99. The fourth-order valence-corrected chi connectivity index (χ4v) is 2.85. The highest BCUT2D eigenvalue weighted by Gasteiger charge is 2.24. The van der Waals surface area contributed by atoms with Gasteiger partial charge in [0.25, 0.3) is 0 Å². The topological polar surface area (TPSA) is 71.8 Å². The molecule has 110 valence electrons. The van der Waals surface area contributed by atoms with Crippen molar-refractivity contribution in [2.45, 2.75) is 31.8 Å². The number of hydrogen-bond acceptors (Lipinski definition) is 3. The van der Waals surface area contributed by atoms with E-state index in [4.69, 9.17) is 0 Å². The van der Waals surface area contributed by atoms with Gasteiger partial charge in [-0.25, -0.2) is 4.79 Å². The number of benzene rings is 1. The van der Waals surface area contributed by atoms with Crippen LogP contribution >= 0.6 is 0 Å². The molecule has 0 saturated heterocycles. The Balaban J connectivity index is 1.62. The summed E-state index contributed by atoms with van der Waals surface area (Å²) >= 11 is 0. The molecular weight excluding hydrogens is 266 g/mol. The van der Waals surface area contributed by atoms with Gasteiger partial charge in [0.15, 0.2) is 5.82 Å². The standard InChI is InChI=1S/C15H19N5O/c1-10(14-19-16-9-20(14)2)17-15(21)18-13-8-7-11-5-3-4-6-12(11)13/h3-6,9-10,13H,7-8H2,1-2H3,(H2,17,18,21)/t10-,13-/m0/s1. The predicted molar refractivity (Wildman–Crippen MR) is 78.6 cm³/mol. The Morgan fingerprint density at radius 2 is 2.24 bits per heavy atom. The van der Waals surface area contributed by atoms with Crippen LogP contribution in [0.4, 0.5) is 4.79 Å². The minimum atomic E-state index is -0.186. The smallest absolute Gasteiger partial charge is 0.315 e. The molecule has 21 heavy (non-hydrogen) atoms. The average Bonchev–Trinajstić information content (AvgIpc) is 3.06. The van der Waals surface area contributed by atoms with Crippen molar-refractivity contribution in [2.75, 3.05) is 0 Å². The maximum absolute atomic E-state index is 12.1. The van der Waals surface area contributed by atoms with Crippen LogP contribution in [0.5, 0.6) is 0 Å². The first-order valence-corrected chi connectivity index (χ1v) is 7.14. The van der Waals surface area contributed by atoms with E-state index < -0.39 is 0 Å². The Labute approximate surface area is 123 Å². The largest absolute Gasteiger partial charge is 0.331 e. The number of nitrogens with one attached hydrogen (secondary N) is 2. The molecule has 2 amide bonds. The number of aryl methyl sites for hydroxylation is 2. The molecule has 0 aliphatic heterocycles. The molecule has 0 radical (unpaired) electrons. The first-order chi connectivity index (χ1) is 10.1. The highest BCUT2D eigenvalue weighted by molar-refractivity contribution is 5.75. The van der Waals surface area contributed by atoms with E-state index in [0.29, 0.717) is 0 Å². The third kappa shape index (κ3) is 2.74. The summed E-state index contributed by atoms with van der Waals surface area (Å²) in [5.41, 5.74) is 2.54. The van der Waals surface area contributed by atoms with Gasteiger partial charge in [-0.1, -0.05) is 24.3 Å². The average molecular weight is 285 g/mol. The van der Waals surface area contributed by atoms with Crippen LogP contribution in [-0.2, 0) is 13.5 Å². The monoisotopic (exact) mass is 285 g/mol. The van der Waals surface area contributed by atoms with Crippen molar-refractivity contribution in [1.29, 1.82) is 0 Å². The van der Waals surface area contributed by atoms with Crippen LogP contribution in [0, 0.1) is 0 Å². The van der Waals surface area contributed by atoms with Crippen molar-refractivity contribution < 1.29 is 4.79 Å². The molecule has 1 aromatic heterocycles. The summed E-state index contributed by atoms with van der Waals surface area (Å²) in [6.07, 6.45) is 3.59. The molecule has 0 spiro atoms. The fraction of sp³-hybridized carbons (Fsp3) is 0.400. The van der Waals surface area contributed by atoms with Gasteiger partial charge in [-0.15, -0.1) is 10.2 Å². The van der Waals surface area contributed by atoms with Crippen molar-refractivity contribution in [3.8, 4) is 0 Å². The molecule has 2 N–H and O–H groups in total. The van der Waals surface area contributed by atoms with Crippen LogP contribution in [0.2, 0.25) is 0 Å². The zero-order valence-electron chi connectivity index (χ0n) is 12.2. The van der Waals surface area contributed by atoms with Gasteiger partial charge in [0.2, 0.25) is 0 Å². The minimum Gasteiger partial charge on any atom is -0.331 e. The van der Waals surface area contributed by atoms with Gasteiger partial charge in [0.05, 0.1) is 12.1 Å². The van der Waals surface area contributed by atoms with Gasteiger partial charge in [-0.05, 0) is 30.9 Å². The first-order valence-electron chi connectivity index (χ1n) is 7.14. The number of carbonyl (C=O) groups is 1. The third-order valence-electron chi connectivity index (χ3n) is 3.92. The van der Waals surface area contributed by atoms with E-state index in [1.807, 2.05) is 26.1 Å². The SMILES string of the molecule is C[C@H](NC(=O)N[C@H]1CCc2ccccc21)c1nncn1C. The highest BCUT2D eigenvalue weighted by atomic mass is 16.2. The lowest BCUT2D eigenvalue weighted by Crippen LogP contribution is -2.39. The second-order valence-electron chi connectivity index (χ2n) is 5.43. The summed E-state index contributed by atoms with van der Waals surface area (Å²) in [4.78, 5) is 12.1. The number of urea groups is 1. The molecular formula is C15H19N5O. The molecule has 6 heteroatoms. The summed E-state index contributed by atoms with van der Waals surface area (Å²) in [5.74, 6) is 0.733. The second-order valence-corrected chi connectivity index (χ2v) is 5.43. The molecule has 0 bridgehead atoms. The normalized spacial score (nSPS) is 18.1. The van der Waals surface area contributed by atoms with E-state index in [-0.39, 0.29) is 18.1 Å². The van der Waals surface area contributed by atoms with Gasteiger partial charge in [-0.2, -0.15) is 0 Å². The van der Waals surface area contributed by atoms with Crippen molar-refractivity contribution >= 4 is 6.03 Å². The number of rotatable bonds is 3. The zero-order chi connectivity index (χ0) is 14.8. The summed E-state index contributed by atoms with van der Waals surface area (Å²) in [5, 5.41) is 13.8. The number of aromatic nitrogens is 3. The third-order valence-corrected chi connectivity index (χ3v) is 3.92. The minimum absolute atomic E-state index is 0.0906. The molecule has 3 rings (SSSR count). The van der Waals surface area contributed by atoms with Crippen molar-refractivity contribution in [1.82, 2.24) is 25.4 Å². The Bertz CT molecular complexity index is 651. The fourth-order valence-electron chi connectivity index (χ4n) is 2.85. The van der Waals surface area contributed by atoms with Gasteiger partial charge >= 0.3 is 6.03 Å². The molecule has 6 nitrogen and oxygen atoms in total. The van der Waals surface area contributed by atoms with Gasteiger partial charge in [0.1, 0.15) is 6.33 Å². The molecule has 0 fully saturated rings. The van der Waals surface area contributed by atoms with Crippen LogP contribution in [-0.4, -0.2) is 20.8 Å². The zero-order valence-corrected chi connectivity index (χ0v) is 12.2. The summed E-state index contributed by atoms with van der Waals surface area (Å²) in [7, 11) is 1.86. The van der Waals surface area contributed by atoms with Gasteiger partial charge in [-0.3, -0.25) is 0 Å². The lowest BCUT2D eigenvalue weighted by molar-refractivity contribution is 0.233. The Morgan fingerprint density at radius 3 is 3.00 bits per heavy atom. The Morgan fingerprint density at radius 1 is 1.43 bits per heavy atom. The van der Waals surface area contributed by atoms with Crippen molar-refractivity contribution in [2.24, 2.45) is 7.05 Å². The van der Waals surface area contributed by atoms with Crippen LogP contribution < -0.4 is 10.6 Å². The predicted octanol–water partition coefficient (Wildman–Crippen LogP) is 1.86. The molecule has 2 atom stereocenters. The van der Waals surface area contributed by atoms with E-state index in [9.17, 15) is 4.79 Å². The molecule has 1 aliphatic carbocycles. The van der Waals surface area contributed by atoms with E-state index in [2.05, 4.69) is 33.0 Å². The summed E-state index contributed by atoms with van der Waals surface area (Å²) < 4.78 is 1.80. The number of nitrogens with zero attached hydrogens (tertiary/aromatic N) is 3. The number of amides is 2. The quantitative estimate of drug-likeness (QED) is 0.904. The van der Waals surface area contributed by atoms with Crippen LogP contribution in [0.15, 0.2) is 30.6 Å². The molecule has 0 saturated carbocycles. The summed E-state index contributed by atoms with van der Waals surface area (Å²) in [6.45, 7) is 1.90. The van der Waals surface area contributed by atoms with Crippen LogP contribution in [0.3, 0.4) is 0 Å². The molecule has 1 aromatic carbocycles. The van der Waals surface area contributed by atoms with Gasteiger partial charge in [0, 0.05) is 7.05 Å². The maximum atomic E-state index is 12.1. The van der Waals surface area contributed by atoms with Crippen LogP contribution in [0.1, 0.15) is 42.4 Å². The maximum Gasteiger partial charge on any atom is 0.315 e. The van der Waals surface area contributed by atoms with Crippen molar-refractivity contribution in [3.05, 3.63) is 47.5 Å². The molecule has 0 unspecified atom stereocenters. The van der Waals surface area contributed by atoms with Crippen molar-refractivity contribution in [3.63, 3.8) is 0 Å². The van der Waals surface area contributed by atoms with E-state index in [1.165, 1.54) is 11.1 Å². The van der Waals surface area contributed by atoms with E-state index in [0.717, 1.165) is 18.7 Å². The molecule has 2 aromatic rings. The Kier molecular flexibility index (Phi) is 3.60. The van der Waals surface area contributed by atoms with E-state index >= 15 is 0 Å². The van der Waals surface area contributed by atoms with E-state index in [1.54, 1.807) is 10.9 Å². The molecule has 1 heterocycles. The lowest BCUT2D eigenvalue weighted by Gasteiger charge is -2.18. The second kappa shape index (κ2) is 5.55. The first kappa shape index (κ1) is 13.6. The van der Waals surface area contributed by atoms with Gasteiger partial charge < -0.3 is 15.2 Å². The highest BCUT2D eigenvalue weighted by Crippen LogP contribution is 2.30. The molecule has 1 aliphatic rings. The lowest BCUT2D eigenvalue weighted by atomic mass is 10.1.